The quantitative estimate of drug-likeness (QED) is 0.781. The van der Waals surface area contributed by atoms with Gasteiger partial charge in [0.15, 0.2) is 5.43 Å². The summed E-state index contributed by atoms with van der Waals surface area (Å²) in [5, 5.41) is 0.488. The van der Waals surface area contributed by atoms with Crippen LogP contribution in [0.5, 0.6) is 0 Å². The van der Waals surface area contributed by atoms with E-state index in [0.717, 1.165) is 0 Å². The smallest absolute Gasteiger partial charge is 0.374 e. The number of hydrogen-bond donors (Lipinski definition) is 0. The number of rotatable bonds is 3. The summed E-state index contributed by atoms with van der Waals surface area (Å²) in [6.07, 6.45) is 0.432. The summed E-state index contributed by atoms with van der Waals surface area (Å²) in [5.41, 5.74) is 0.609. The van der Waals surface area contributed by atoms with Crippen LogP contribution >= 0.6 is 0 Å². The van der Waals surface area contributed by atoms with Crippen LogP contribution in [0.2, 0.25) is 0 Å². The lowest BCUT2D eigenvalue weighted by Gasteiger charge is -2.07. The van der Waals surface area contributed by atoms with E-state index < -0.39 is 5.97 Å². The standard InChI is InChI=1S/C14H14O4/c1-3-9-12(15)10-7-5-6-8-11(10)18-13(9)14(16)17-4-2/h5-8H,3-4H2,1-2H3. The van der Waals surface area contributed by atoms with Gasteiger partial charge < -0.3 is 9.15 Å². The zero-order valence-corrected chi connectivity index (χ0v) is 10.4. The Bertz CT molecular complexity index is 640. The van der Waals surface area contributed by atoms with Crippen molar-refractivity contribution in [1.29, 1.82) is 0 Å². The molecule has 18 heavy (non-hydrogen) atoms. The maximum atomic E-state index is 12.2. The van der Waals surface area contributed by atoms with Gasteiger partial charge in [0, 0.05) is 0 Å². The van der Waals surface area contributed by atoms with E-state index in [4.69, 9.17) is 9.15 Å². The normalized spacial score (nSPS) is 10.6. The summed E-state index contributed by atoms with van der Waals surface area (Å²) in [4.78, 5) is 24.0. The van der Waals surface area contributed by atoms with Crippen molar-refractivity contribution in [2.45, 2.75) is 20.3 Å². The number of hydrogen-bond acceptors (Lipinski definition) is 4. The first-order valence-corrected chi connectivity index (χ1v) is 5.90. The Morgan fingerprint density at radius 3 is 2.67 bits per heavy atom. The summed E-state index contributed by atoms with van der Waals surface area (Å²) in [7, 11) is 0. The molecule has 2 rings (SSSR count). The van der Waals surface area contributed by atoms with Crippen LogP contribution in [0.15, 0.2) is 33.5 Å². The second kappa shape index (κ2) is 5.04. The molecule has 0 aliphatic rings. The lowest BCUT2D eigenvalue weighted by Crippen LogP contribution is -2.17. The maximum Gasteiger partial charge on any atom is 0.374 e. The third-order valence-electron chi connectivity index (χ3n) is 2.71. The molecule has 1 aromatic heterocycles. The van der Waals surface area contributed by atoms with Crippen LogP contribution in [0.1, 0.15) is 30.0 Å². The van der Waals surface area contributed by atoms with Crippen LogP contribution in [0.3, 0.4) is 0 Å². The third kappa shape index (κ3) is 2.01. The highest BCUT2D eigenvalue weighted by molar-refractivity contribution is 5.90. The molecule has 94 valence electrons. The van der Waals surface area contributed by atoms with Gasteiger partial charge in [0.1, 0.15) is 5.58 Å². The summed E-state index contributed by atoms with van der Waals surface area (Å²) in [5.74, 6) is -0.569. The average Bonchev–Trinajstić information content (AvgIpc) is 2.39. The number of esters is 1. The van der Waals surface area contributed by atoms with Crippen LogP contribution in [-0.4, -0.2) is 12.6 Å². The van der Waals surface area contributed by atoms with E-state index >= 15 is 0 Å². The van der Waals surface area contributed by atoms with Gasteiger partial charge in [-0.05, 0) is 25.5 Å². The van der Waals surface area contributed by atoms with Crippen molar-refractivity contribution in [2.24, 2.45) is 0 Å². The molecule has 0 spiro atoms. The predicted octanol–water partition coefficient (Wildman–Crippen LogP) is 2.53. The van der Waals surface area contributed by atoms with E-state index in [-0.39, 0.29) is 17.8 Å². The molecular weight excluding hydrogens is 232 g/mol. The van der Waals surface area contributed by atoms with E-state index in [2.05, 4.69) is 0 Å². The van der Waals surface area contributed by atoms with Crippen LogP contribution < -0.4 is 5.43 Å². The van der Waals surface area contributed by atoms with Gasteiger partial charge in [-0.2, -0.15) is 0 Å². The van der Waals surface area contributed by atoms with E-state index in [1.54, 1.807) is 31.2 Å². The SMILES string of the molecule is CCOC(=O)c1oc2ccccc2c(=O)c1CC. The molecule has 0 unspecified atom stereocenters. The topological polar surface area (TPSA) is 56.5 Å². The number of para-hydroxylation sites is 1. The molecular formula is C14H14O4. The van der Waals surface area contributed by atoms with Crippen LogP contribution in [0.4, 0.5) is 0 Å². The lowest BCUT2D eigenvalue weighted by molar-refractivity contribution is 0.0488. The molecule has 0 radical (unpaired) electrons. The van der Waals surface area contributed by atoms with Gasteiger partial charge in [-0.3, -0.25) is 4.79 Å². The summed E-state index contributed by atoms with van der Waals surface area (Å²) in [6.45, 7) is 3.77. The Morgan fingerprint density at radius 1 is 1.28 bits per heavy atom. The average molecular weight is 246 g/mol. The molecule has 0 aliphatic heterocycles. The molecule has 0 amide bonds. The number of benzene rings is 1. The molecule has 1 aromatic carbocycles. The molecule has 1 heterocycles. The summed E-state index contributed by atoms with van der Waals surface area (Å²) < 4.78 is 10.4. The van der Waals surface area contributed by atoms with Crippen LogP contribution in [0.25, 0.3) is 11.0 Å². The molecule has 0 N–H and O–H groups in total. The fourth-order valence-corrected chi connectivity index (χ4v) is 1.86. The van der Waals surface area contributed by atoms with Gasteiger partial charge >= 0.3 is 5.97 Å². The zero-order chi connectivity index (χ0) is 13.1. The monoisotopic (exact) mass is 246 g/mol. The van der Waals surface area contributed by atoms with Crippen molar-refractivity contribution in [2.75, 3.05) is 6.61 Å². The Kier molecular flexibility index (Phi) is 3.46. The van der Waals surface area contributed by atoms with Crippen molar-refractivity contribution in [1.82, 2.24) is 0 Å². The number of carbonyl (C=O) groups excluding carboxylic acids is 1. The Labute approximate surface area is 104 Å². The van der Waals surface area contributed by atoms with Gasteiger partial charge in [0.25, 0.3) is 0 Å². The molecule has 4 heteroatoms. The van der Waals surface area contributed by atoms with E-state index in [1.807, 2.05) is 6.92 Å². The van der Waals surface area contributed by atoms with Gasteiger partial charge in [0.05, 0.1) is 17.6 Å². The highest BCUT2D eigenvalue weighted by Gasteiger charge is 2.19. The fourth-order valence-electron chi connectivity index (χ4n) is 1.86. The molecule has 0 aliphatic carbocycles. The van der Waals surface area contributed by atoms with Gasteiger partial charge in [-0.15, -0.1) is 0 Å². The van der Waals surface area contributed by atoms with Gasteiger partial charge in [0.2, 0.25) is 5.76 Å². The minimum Gasteiger partial charge on any atom is -0.460 e. The van der Waals surface area contributed by atoms with Crippen molar-refractivity contribution in [3.63, 3.8) is 0 Å². The Morgan fingerprint density at radius 2 is 2.00 bits per heavy atom. The number of carbonyl (C=O) groups is 1. The second-order valence-corrected chi connectivity index (χ2v) is 3.81. The van der Waals surface area contributed by atoms with Gasteiger partial charge in [-0.1, -0.05) is 19.1 Å². The second-order valence-electron chi connectivity index (χ2n) is 3.81. The Hall–Kier alpha value is -2.10. The fraction of sp³-hybridized carbons (Fsp3) is 0.286. The zero-order valence-electron chi connectivity index (χ0n) is 10.4. The maximum absolute atomic E-state index is 12.2. The molecule has 0 bridgehead atoms. The molecule has 0 atom stereocenters. The highest BCUT2D eigenvalue weighted by atomic mass is 16.5. The largest absolute Gasteiger partial charge is 0.460 e. The van der Waals surface area contributed by atoms with Crippen LogP contribution in [-0.2, 0) is 11.2 Å². The van der Waals surface area contributed by atoms with E-state index in [1.165, 1.54) is 0 Å². The van der Waals surface area contributed by atoms with Gasteiger partial charge in [-0.25, -0.2) is 4.79 Å². The lowest BCUT2D eigenvalue weighted by atomic mass is 10.1. The minimum atomic E-state index is -0.586. The van der Waals surface area contributed by atoms with Crippen molar-refractivity contribution in [3.05, 3.63) is 45.8 Å². The first-order valence-electron chi connectivity index (χ1n) is 5.90. The van der Waals surface area contributed by atoms with E-state index in [0.29, 0.717) is 23.0 Å². The first kappa shape index (κ1) is 12.4. The number of fused-ring (bicyclic) bond motifs is 1. The molecule has 0 fully saturated rings. The predicted molar refractivity (Wildman–Crippen MR) is 67.8 cm³/mol. The minimum absolute atomic E-state index is 0.0167. The molecule has 0 saturated carbocycles. The molecule has 0 saturated heterocycles. The first-order chi connectivity index (χ1) is 8.69. The van der Waals surface area contributed by atoms with Crippen LogP contribution in [0, 0.1) is 0 Å². The van der Waals surface area contributed by atoms with E-state index in [9.17, 15) is 9.59 Å². The van der Waals surface area contributed by atoms with Crippen molar-refractivity contribution >= 4 is 16.9 Å². The van der Waals surface area contributed by atoms with Crippen molar-refractivity contribution in [3.8, 4) is 0 Å². The Balaban J connectivity index is 2.73. The molecule has 2 aromatic rings. The van der Waals surface area contributed by atoms with Crippen molar-refractivity contribution < 1.29 is 13.9 Å². The highest BCUT2D eigenvalue weighted by Crippen LogP contribution is 2.16. The summed E-state index contributed by atoms with van der Waals surface area (Å²) in [6, 6.07) is 6.88. The number of ether oxygens (including phenoxy) is 1. The molecule has 4 nitrogen and oxygen atoms in total. The summed E-state index contributed by atoms with van der Waals surface area (Å²) >= 11 is 0. The third-order valence-corrected chi connectivity index (χ3v) is 2.71.